The Bertz CT molecular complexity index is 1330. The van der Waals surface area contributed by atoms with Gasteiger partial charge in [-0.3, -0.25) is 25.0 Å². The van der Waals surface area contributed by atoms with Crippen molar-refractivity contribution >= 4 is 39.9 Å². The minimum atomic E-state index is -0.724. The highest BCUT2D eigenvalue weighted by atomic mass is 32.1. The van der Waals surface area contributed by atoms with Gasteiger partial charge in [0.15, 0.2) is 10.9 Å². The Morgan fingerprint density at radius 3 is 2.55 bits per heavy atom. The summed E-state index contributed by atoms with van der Waals surface area (Å²) in [6, 6.07) is 16.2. The molecule has 166 valence electrons. The fraction of sp³-hybridized carbons (Fsp3) is 0.0455. The summed E-state index contributed by atoms with van der Waals surface area (Å²) in [7, 11) is 1.55. The molecule has 2 amide bonds. The van der Waals surface area contributed by atoms with E-state index in [-0.39, 0.29) is 11.7 Å². The fourth-order valence-corrected chi connectivity index (χ4v) is 3.59. The number of thiazole rings is 1. The second kappa shape index (κ2) is 9.32. The summed E-state index contributed by atoms with van der Waals surface area (Å²) >= 11 is 1.18. The van der Waals surface area contributed by atoms with Crippen LogP contribution in [0.1, 0.15) is 20.9 Å². The van der Waals surface area contributed by atoms with Gasteiger partial charge in [-0.15, -0.1) is 11.3 Å². The number of amides is 2. The number of hydrogen-bond acceptors (Lipinski definition) is 8. The van der Waals surface area contributed by atoms with Crippen molar-refractivity contribution in [3.63, 3.8) is 0 Å². The molecule has 0 bridgehead atoms. The summed E-state index contributed by atoms with van der Waals surface area (Å²) in [5.41, 5.74) is 2.38. The second-order valence-corrected chi connectivity index (χ2v) is 7.51. The second-order valence-electron chi connectivity index (χ2n) is 6.65. The van der Waals surface area contributed by atoms with Gasteiger partial charge in [-0.1, -0.05) is 12.1 Å². The molecule has 2 aromatic heterocycles. The molecule has 2 heterocycles. The highest BCUT2D eigenvalue weighted by molar-refractivity contribution is 7.14. The Labute approximate surface area is 191 Å². The van der Waals surface area contributed by atoms with Crippen LogP contribution in [0.15, 0.2) is 70.5 Å². The molecular formula is C22H16N4O6S. The number of anilines is 2. The molecule has 0 aliphatic carbocycles. The molecule has 0 saturated heterocycles. The lowest BCUT2D eigenvalue weighted by Crippen LogP contribution is -2.11. The van der Waals surface area contributed by atoms with Gasteiger partial charge in [-0.2, -0.15) is 0 Å². The SMILES string of the molecule is COc1ccc(C(=O)Nc2cccc(-c3csc(NC(=O)c4ccc([N+](=O)[O-])o4)n3)c2)cc1. The summed E-state index contributed by atoms with van der Waals surface area (Å²) in [5, 5.41) is 18.1. The predicted octanol–water partition coefficient (Wildman–Crippen LogP) is 4.82. The van der Waals surface area contributed by atoms with Crippen molar-refractivity contribution in [1.29, 1.82) is 0 Å². The van der Waals surface area contributed by atoms with Crippen molar-refractivity contribution in [1.82, 2.24) is 4.98 Å². The number of aromatic nitrogens is 1. The molecule has 2 aromatic carbocycles. The Morgan fingerprint density at radius 2 is 1.85 bits per heavy atom. The van der Waals surface area contributed by atoms with Gasteiger partial charge < -0.3 is 14.5 Å². The lowest BCUT2D eigenvalue weighted by atomic mass is 10.1. The van der Waals surface area contributed by atoms with Crippen molar-refractivity contribution in [3.05, 3.63) is 87.5 Å². The average Bonchev–Trinajstić information content (AvgIpc) is 3.50. The van der Waals surface area contributed by atoms with Crippen LogP contribution in [-0.4, -0.2) is 28.8 Å². The molecule has 2 N–H and O–H groups in total. The third-order valence-electron chi connectivity index (χ3n) is 4.49. The van der Waals surface area contributed by atoms with Crippen LogP contribution in [-0.2, 0) is 0 Å². The molecule has 10 nitrogen and oxygen atoms in total. The number of ether oxygens (including phenoxy) is 1. The number of carbonyl (C=O) groups excluding carboxylic acids is 2. The zero-order valence-electron chi connectivity index (χ0n) is 17.1. The maximum absolute atomic E-state index is 12.5. The molecular weight excluding hydrogens is 448 g/mol. The molecule has 11 heteroatoms. The minimum Gasteiger partial charge on any atom is -0.497 e. The first-order chi connectivity index (χ1) is 15.9. The number of nitro groups is 1. The van der Waals surface area contributed by atoms with Gasteiger partial charge in [0.1, 0.15) is 10.7 Å². The van der Waals surface area contributed by atoms with Crippen LogP contribution in [0.5, 0.6) is 5.75 Å². The zero-order valence-corrected chi connectivity index (χ0v) is 17.9. The Hall–Kier alpha value is -4.51. The maximum atomic E-state index is 12.5. The van der Waals surface area contributed by atoms with E-state index in [2.05, 4.69) is 15.6 Å². The van der Waals surface area contributed by atoms with E-state index in [0.29, 0.717) is 27.8 Å². The smallest absolute Gasteiger partial charge is 0.433 e. The molecule has 33 heavy (non-hydrogen) atoms. The number of carbonyl (C=O) groups is 2. The maximum Gasteiger partial charge on any atom is 0.433 e. The molecule has 4 aromatic rings. The first-order valence-electron chi connectivity index (χ1n) is 9.50. The van der Waals surface area contributed by atoms with Gasteiger partial charge in [0.25, 0.3) is 11.8 Å². The lowest BCUT2D eigenvalue weighted by Gasteiger charge is -2.07. The standard InChI is InChI=1S/C22H16N4O6S/c1-31-16-7-5-13(6-8-16)20(27)23-15-4-2-3-14(11-15)17-12-33-22(24-17)25-21(28)18-9-10-19(32-18)26(29)30/h2-12H,1H3,(H,23,27)(H,24,25,28). The highest BCUT2D eigenvalue weighted by Gasteiger charge is 2.18. The molecule has 0 aliphatic heterocycles. The van der Waals surface area contributed by atoms with Crippen LogP contribution in [0, 0.1) is 10.1 Å². The quantitative estimate of drug-likeness (QED) is 0.295. The number of furan rings is 1. The summed E-state index contributed by atoms with van der Waals surface area (Å²) < 4.78 is 9.99. The van der Waals surface area contributed by atoms with E-state index in [9.17, 15) is 19.7 Å². The number of rotatable bonds is 7. The third kappa shape index (κ3) is 5.05. The normalized spacial score (nSPS) is 10.5. The molecule has 0 fully saturated rings. The van der Waals surface area contributed by atoms with E-state index in [1.165, 1.54) is 17.4 Å². The average molecular weight is 464 g/mol. The fourth-order valence-electron chi connectivity index (χ4n) is 2.87. The first-order valence-corrected chi connectivity index (χ1v) is 10.4. The zero-order chi connectivity index (χ0) is 23.4. The Kier molecular flexibility index (Phi) is 6.13. The molecule has 4 rings (SSSR count). The molecule has 0 unspecified atom stereocenters. The third-order valence-corrected chi connectivity index (χ3v) is 5.25. The van der Waals surface area contributed by atoms with Crippen LogP contribution >= 0.6 is 11.3 Å². The summed E-state index contributed by atoms with van der Waals surface area (Å²) in [6.07, 6.45) is 0. The Balaban J connectivity index is 1.44. The van der Waals surface area contributed by atoms with Crippen LogP contribution in [0.4, 0.5) is 16.7 Å². The Morgan fingerprint density at radius 1 is 1.06 bits per heavy atom. The summed E-state index contributed by atoms with van der Waals surface area (Å²) in [6.45, 7) is 0. The molecule has 0 aliphatic rings. The monoisotopic (exact) mass is 464 g/mol. The number of nitrogens with zero attached hydrogens (tertiary/aromatic N) is 2. The number of methoxy groups -OCH3 is 1. The molecule has 0 saturated carbocycles. The van der Waals surface area contributed by atoms with Crippen molar-refractivity contribution in [2.75, 3.05) is 17.7 Å². The van der Waals surface area contributed by atoms with Crippen molar-refractivity contribution in [2.45, 2.75) is 0 Å². The number of nitrogens with one attached hydrogen (secondary N) is 2. The lowest BCUT2D eigenvalue weighted by molar-refractivity contribution is -0.402. The van der Waals surface area contributed by atoms with E-state index < -0.39 is 16.7 Å². The van der Waals surface area contributed by atoms with Crippen LogP contribution in [0.3, 0.4) is 0 Å². The van der Waals surface area contributed by atoms with Gasteiger partial charge in [-0.05, 0) is 42.5 Å². The van der Waals surface area contributed by atoms with Gasteiger partial charge >= 0.3 is 5.88 Å². The van der Waals surface area contributed by atoms with Gasteiger partial charge in [0, 0.05) is 22.2 Å². The highest BCUT2D eigenvalue weighted by Crippen LogP contribution is 2.28. The molecule has 0 atom stereocenters. The van der Waals surface area contributed by atoms with Crippen LogP contribution < -0.4 is 15.4 Å². The predicted molar refractivity (Wildman–Crippen MR) is 122 cm³/mol. The molecule has 0 radical (unpaired) electrons. The van der Waals surface area contributed by atoms with E-state index >= 15 is 0 Å². The minimum absolute atomic E-state index is 0.193. The van der Waals surface area contributed by atoms with Gasteiger partial charge in [0.2, 0.25) is 0 Å². The first kappa shape index (κ1) is 21.7. The topological polar surface area (TPSA) is 137 Å². The van der Waals surface area contributed by atoms with Crippen LogP contribution in [0.25, 0.3) is 11.3 Å². The summed E-state index contributed by atoms with van der Waals surface area (Å²) in [4.78, 5) is 39.1. The largest absolute Gasteiger partial charge is 0.497 e. The number of hydrogen-bond donors (Lipinski definition) is 2. The van der Waals surface area contributed by atoms with Gasteiger partial charge in [0.05, 0.1) is 18.9 Å². The van der Waals surface area contributed by atoms with E-state index in [4.69, 9.17) is 9.15 Å². The van der Waals surface area contributed by atoms with E-state index in [0.717, 1.165) is 11.6 Å². The van der Waals surface area contributed by atoms with E-state index in [1.807, 2.05) is 6.07 Å². The van der Waals surface area contributed by atoms with Crippen molar-refractivity contribution in [3.8, 4) is 17.0 Å². The number of benzene rings is 2. The van der Waals surface area contributed by atoms with Crippen molar-refractivity contribution in [2.24, 2.45) is 0 Å². The molecule has 0 spiro atoms. The van der Waals surface area contributed by atoms with Crippen LogP contribution in [0.2, 0.25) is 0 Å². The summed E-state index contributed by atoms with van der Waals surface area (Å²) in [5.74, 6) is -0.974. The van der Waals surface area contributed by atoms with Crippen molar-refractivity contribution < 1.29 is 23.7 Å². The van der Waals surface area contributed by atoms with E-state index in [1.54, 1.807) is 55.0 Å². The van der Waals surface area contributed by atoms with Gasteiger partial charge in [-0.25, -0.2) is 4.98 Å².